The second kappa shape index (κ2) is 8.05. The molecule has 2 aromatic rings. The van der Waals surface area contributed by atoms with E-state index in [-0.39, 0.29) is 0 Å². The third kappa shape index (κ3) is 3.99. The maximum Gasteiger partial charge on any atom is 0.150 e. The molecule has 1 fully saturated rings. The number of nitrogens with zero attached hydrogens (tertiary/aromatic N) is 2. The molecule has 0 amide bonds. The fraction of sp³-hybridized carbons (Fsp3) is 0.435. The third-order valence-electron chi connectivity index (χ3n) is 5.69. The molecule has 1 aliphatic rings. The van der Waals surface area contributed by atoms with Crippen molar-refractivity contribution in [2.24, 2.45) is 0 Å². The molecule has 138 valence electrons. The summed E-state index contributed by atoms with van der Waals surface area (Å²) < 4.78 is 0. The molecule has 3 nitrogen and oxygen atoms in total. The van der Waals surface area contributed by atoms with E-state index in [2.05, 4.69) is 67.0 Å². The number of rotatable bonds is 5. The van der Waals surface area contributed by atoms with E-state index in [9.17, 15) is 4.79 Å². The largest absolute Gasteiger partial charge is 0.369 e. The minimum absolute atomic E-state index is 0.442. The van der Waals surface area contributed by atoms with Gasteiger partial charge in [-0.15, -0.1) is 0 Å². The van der Waals surface area contributed by atoms with Crippen LogP contribution in [0.5, 0.6) is 0 Å². The summed E-state index contributed by atoms with van der Waals surface area (Å²) in [6.07, 6.45) is 0.934. The molecule has 0 aromatic heterocycles. The first-order chi connectivity index (χ1) is 12.5. The van der Waals surface area contributed by atoms with Crippen molar-refractivity contribution in [2.45, 2.75) is 39.7 Å². The van der Waals surface area contributed by atoms with Gasteiger partial charge in [-0.2, -0.15) is 0 Å². The first kappa shape index (κ1) is 18.7. The topological polar surface area (TPSA) is 23.6 Å². The summed E-state index contributed by atoms with van der Waals surface area (Å²) in [4.78, 5) is 16.0. The molecule has 2 aromatic carbocycles. The Hall–Kier alpha value is -2.13. The van der Waals surface area contributed by atoms with Gasteiger partial charge in [-0.3, -0.25) is 9.69 Å². The maximum atomic E-state index is 11.0. The van der Waals surface area contributed by atoms with E-state index < -0.39 is 0 Å². The number of hydrogen-bond donors (Lipinski definition) is 0. The zero-order valence-corrected chi connectivity index (χ0v) is 16.4. The van der Waals surface area contributed by atoms with Gasteiger partial charge in [0.15, 0.2) is 0 Å². The van der Waals surface area contributed by atoms with E-state index >= 15 is 0 Å². The SMILES string of the molecule is Cc1cc(N2CCN(C(C)c3ccc(C(C)C)cc3)CC2)ccc1C=O. The van der Waals surface area contributed by atoms with Crippen LogP contribution in [0.3, 0.4) is 0 Å². The van der Waals surface area contributed by atoms with Crippen LogP contribution < -0.4 is 4.90 Å². The van der Waals surface area contributed by atoms with Crippen LogP contribution in [0.25, 0.3) is 0 Å². The molecule has 3 rings (SSSR count). The molecule has 1 atom stereocenters. The second-order valence-electron chi connectivity index (χ2n) is 7.68. The Balaban J connectivity index is 1.62. The Kier molecular flexibility index (Phi) is 5.77. The number of piperazine rings is 1. The molecule has 1 unspecified atom stereocenters. The molecule has 0 bridgehead atoms. The summed E-state index contributed by atoms with van der Waals surface area (Å²) in [6, 6.07) is 15.7. The van der Waals surface area contributed by atoms with E-state index in [1.165, 1.54) is 16.8 Å². The average Bonchev–Trinajstić information content (AvgIpc) is 2.67. The molecule has 1 aliphatic heterocycles. The van der Waals surface area contributed by atoms with Gasteiger partial charge in [-0.05, 0) is 54.7 Å². The van der Waals surface area contributed by atoms with Gasteiger partial charge in [0.05, 0.1) is 0 Å². The number of carbonyl (C=O) groups is 1. The first-order valence-electron chi connectivity index (χ1n) is 9.64. The minimum Gasteiger partial charge on any atom is -0.369 e. The summed E-state index contributed by atoms with van der Waals surface area (Å²) in [5.74, 6) is 0.581. The Morgan fingerprint density at radius 3 is 2.04 bits per heavy atom. The van der Waals surface area contributed by atoms with E-state index in [1.807, 2.05) is 13.0 Å². The molecule has 3 heteroatoms. The summed E-state index contributed by atoms with van der Waals surface area (Å²) in [7, 11) is 0. The summed E-state index contributed by atoms with van der Waals surface area (Å²) in [5.41, 5.74) is 5.86. The van der Waals surface area contributed by atoms with E-state index in [1.54, 1.807) is 0 Å². The van der Waals surface area contributed by atoms with Crippen LogP contribution in [-0.4, -0.2) is 37.4 Å². The Labute approximate surface area is 157 Å². The van der Waals surface area contributed by atoms with Crippen LogP contribution in [0.2, 0.25) is 0 Å². The van der Waals surface area contributed by atoms with Gasteiger partial charge in [0.1, 0.15) is 6.29 Å². The van der Waals surface area contributed by atoms with Gasteiger partial charge < -0.3 is 4.90 Å². The molecule has 1 heterocycles. The van der Waals surface area contributed by atoms with Gasteiger partial charge in [0.25, 0.3) is 0 Å². The highest BCUT2D eigenvalue weighted by Crippen LogP contribution is 2.26. The lowest BCUT2D eigenvalue weighted by Crippen LogP contribution is -2.47. The van der Waals surface area contributed by atoms with Crippen molar-refractivity contribution in [1.82, 2.24) is 4.90 Å². The zero-order chi connectivity index (χ0) is 18.7. The lowest BCUT2D eigenvalue weighted by Gasteiger charge is -2.39. The van der Waals surface area contributed by atoms with E-state index in [0.29, 0.717) is 12.0 Å². The van der Waals surface area contributed by atoms with Gasteiger partial charge in [-0.1, -0.05) is 38.1 Å². The Morgan fingerprint density at radius 1 is 0.885 bits per heavy atom. The molecule has 1 saturated heterocycles. The summed E-state index contributed by atoms with van der Waals surface area (Å²) in [5, 5.41) is 0. The number of anilines is 1. The fourth-order valence-corrected chi connectivity index (χ4v) is 3.73. The van der Waals surface area contributed by atoms with Gasteiger partial charge in [-0.25, -0.2) is 0 Å². The first-order valence-corrected chi connectivity index (χ1v) is 9.64. The number of benzene rings is 2. The van der Waals surface area contributed by atoms with Crippen LogP contribution in [-0.2, 0) is 0 Å². The molecule has 0 saturated carbocycles. The molecular weight excluding hydrogens is 320 g/mol. The zero-order valence-electron chi connectivity index (χ0n) is 16.4. The maximum absolute atomic E-state index is 11.0. The second-order valence-corrected chi connectivity index (χ2v) is 7.68. The number of aldehydes is 1. The highest BCUT2D eigenvalue weighted by atomic mass is 16.1. The lowest BCUT2D eigenvalue weighted by molar-refractivity contribution is 0.112. The van der Waals surface area contributed by atoms with E-state index in [0.717, 1.165) is 43.6 Å². The van der Waals surface area contributed by atoms with E-state index in [4.69, 9.17) is 0 Å². The quantitative estimate of drug-likeness (QED) is 0.723. The van der Waals surface area contributed by atoms with Crippen LogP contribution in [0.1, 0.15) is 59.8 Å². The number of aryl methyl sites for hydroxylation is 1. The highest BCUT2D eigenvalue weighted by molar-refractivity contribution is 5.78. The van der Waals surface area contributed by atoms with Crippen LogP contribution >= 0.6 is 0 Å². The monoisotopic (exact) mass is 350 g/mol. The standard InChI is InChI=1S/C23H30N2O/c1-17(2)20-5-7-21(8-6-20)19(4)24-11-13-25(14-12-24)23-10-9-22(16-26)18(3)15-23/h5-10,15-17,19H,11-14H2,1-4H3. The predicted octanol–water partition coefficient (Wildman–Crippen LogP) is 4.81. The van der Waals surface area contributed by atoms with Crippen molar-refractivity contribution in [1.29, 1.82) is 0 Å². The van der Waals surface area contributed by atoms with Crippen molar-refractivity contribution < 1.29 is 4.79 Å². The summed E-state index contributed by atoms with van der Waals surface area (Å²) in [6.45, 7) is 12.9. The Bertz CT molecular complexity index is 743. The molecule has 0 spiro atoms. The fourth-order valence-electron chi connectivity index (χ4n) is 3.73. The molecule has 26 heavy (non-hydrogen) atoms. The van der Waals surface area contributed by atoms with Crippen LogP contribution in [0, 0.1) is 6.92 Å². The smallest absolute Gasteiger partial charge is 0.150 e. The van der Waals surface area contributed by atoms with Gasteiger partial charge in [0, 0.05) is 43.5 Å². The van der Waals surface area contributed by atoms with Crippen molar-refractivity contribution in [3.63, 3.8) is 0 Å². The minimum atomic E-state index is 0.442. The molecule has 0 radical (unpaired) electrons. The van der Waals surface area contributed by atoms with Gasteiger partial charge in [0.2, 0.25) is 0 Å². The van der Waals surface area contributed by atoms with Crippen molar-refractivity contribution in [3.8, 4) is 0 Å². The molecule has 0 aliphatic carbocycles. The van der Waals surface area contributed by atoms with Crippen molar-refractivity contribution in [2.75, 3.05) is 31.1 Å². The average molecular weight is 351 g/mol. The molecule has 0 N–H and O–H groups in total. The van der Waals surface area contributed by atoms with Crippen LogP contribution in [0.4, 0.5) is 5.69 Å². The predicted molar refractivity (Wildman–Crippen MR) is 109 cm³/mol. The van der Waals surface area contributed by atoms with Crippen molar-refractivity contribution >= 4 is 12.0 Å². The Morgan fingerprint density at radius 2 is 1.50 bits per heavy atom. The summed E-state index contributed by atoms with van der Waals surface area (Å²) >= 11 is 0. The third-order valence-corrected chi connectivity index (χ3v) is 5.69. The van der Waals surface area contributed by atoms with Crippen LogP contribution in [0.15, 0.2) is 42.5 Å². The molecular formula is C23H30N2O. The normalized spacial score (nSPS) is 16.7. The highest BCUT2D eigenvalue weighted by Gasteiger charge is 2.22. The lowest BCUT2D eigenvalue weighted by atomic mass is 9.99. The van der Waals surface area contributed by atoms with Crippen molar-refractivity contribution in [3.05, 3.63) is 64.7 Å². The number of carbonyl (C=O) groups excluding carboxylic acids is 1. The van der Waals surface area contributed by atoms with Gasteiger partial charge >= 0.3 is 0 Å². The number of hydrogen-bond acceptors (Lipinski definition) is 3.